The molecule has 0 aliphatic heterocycles. The van der Waals surface area contributed by atoms with Crippen molar-refractivity contribution >= 4 is 12.1 Å². The number of rotatable bonds is 8. The monoisotopic (exact) mass is 408 g/mol. The van der Waals surface area contributed by atoms with Crippen molar-refractivity contribution in [1.29, 1.82) is 0 Å². The van der Waals surface area contributed by atoms with Crippen molar-refractivity contribution in [3.05, 3.63) is 89.2 Å². The van der Waals surface area contributed by atoms with Gasteiger partial charge in [-0.15, -0.1) is 0 Å². The van der Waals surface area contributed by atoms with Crippen LogP contribution in [0, 0.1) is 5.82 Å². The highest BCUT2D eigenvalue weighted by atomic mass is 19.1. The third kappa shape index (κ3) is 5.57. The predicted molar refractivity (Wildman–Crippen MR) is 112 cm³/mol. The van der Waals surface area contributed by atoms with E-state index < -0.39 is 0 Å². The lowest BCUT2D eigenvalue weighted by molar-refractivity contribution is 0.0954. The van der Waals surface area contributed by atoms with Crippen LogP contribution in [0.25, 0.3) is 0 Å². The Morgan fingerprint density at radius 2 is 1.67 bits per heavy atom. The molecule has 0 saturated carbocycles. The number of nitrogens with zero attached hydrogens (tertiary/aromatic N) is 1. The summed E-state index contributed by atoms with van der Waals surface area (Å²) in [7, 11) is 3.03. The van der Waals surface area contributed by atoms with Gasteiger partial charge in [-0.1, -0.05) is 12.1 Å². The minimum absolute atomic E-state index is 0.277. The maximum Gasteiger partial charge on any atom is 0.271 e. The summed E-state index contributed by atoms with van der Waals surface area (Å²) in [6.07, 6.45) is 1.53. The smallest absolute Gasteiger partial charge is 0.271 e. The van der Waals surface area contributed by atoms with E-state index in [4.69, 9.17) is 14.2 Å². The van der Waals surface area contributed by atoms with Crippen LogP contribution in [0.1, 0.15) is 21.5 Å². The Morgan fingerprint density at radius 1 is 0.967 bits per heavy atom. The van der Waals surface area contributed by atoms with E-state index in [0.29, 0.717) is 29.4 Å². The summed E-state index contributed by atoms with van der Waals surface area (Å²) in [6.45, 7) is 0.342. The van der Waals surface area contributed by atoms with Crippen LogP contribution in [0.15, 0.2) is 71.8 Å². The van der Waals surface area contributed by atoms with Crippen LogP contribution < -0.4 is 19.6 Å². The highest BCUT2D eigenvalue weighted by Gasteiger charge is 2.09. The fourth-order valence-corrected chi connectivity index (χ4v) is 2.60. The van der Waals surface area contributed by atoms with Crippen LogP contribution in [0.4, 0.5) is 4.39 Å². The second-order valence-electron chi connectivity index (χ2n) is 6.25. The normalized spacial score (nSPS) is 10.6. The van der Waals surface area contributed by atoms with Gasteiger partial charge in [0, 0.05) is 5.56 Å². The van der Waals surface area contributed by atoms with Crippen molar-refractivity contribution in [3.63, 3.8) is 0 Å². The minimum Gasteiger partial charge on any atom is -0.493 e. The second-order valence-corrected chi connectivity index (χ2v) is 6.25. The van der Waals surface area contributed by atoms with E-state index in [1.54, 1.807) is 42.5 Å². The van der Waals surface area contributed by atoms with Crippen LogP contribution >= 0.6 is 0 Å². The number of hydrogen-bond acceptors (Lipinski definition) is 5. The van der Waals surface area contributed by atoms with Gasteiger partial charge in [0.05, 0.1) is 20.4 Å². The van der Waals surface area contributed by atoms with Crippen LogP contribution in [0.3, 0.4) is 0 Å². The number of methoxy groups -OCH3 is 2. The molecule has 0 heterocycles. The topological polar surface area (TPSA) is 69.2 Å². The number of benzene rings is 3. The van der Waals surface area contributed by atoms with Gasteiger partial charge in [-0.05, 0) is 65.7 Å². The molecule has 0 atom stereocenters. The van der Waals surface area contributed by atoms with Gasteiger partial charge in [0.1, 0.15) is 18.2 Å². The van der Waals surface area contributed by atoms with Crippen molar-refractivity contribution in [2.75, 3.05) is 14.2 Å². The lowest BCUT2D eigenvalue weighted by Gasteiger charge is -2.08. The molecule has 0 aliphatic rings. The molecule has 3 aromatic carbocycles. The van der Waals surface area contributed by atoms with Crippen molar-refractivity contribution < 1.29 is 23.4 Å². The summed E-state index contributed by atoms with van der Waals surface area (Å²) in [4.78, 5) is 12.2. The molecule has 0 spiro atoms. The number of hydrazone groups is 1. The first-order chi connectivity index (χ1) is 14.6. The molecule has 0 saturated heterocycles. The molecule has 3 rings (SSSR count). The van der Waals surface area contributed by atoms with Gasteiger partial charge in [-0.2, -0.15) is 5.10 Å². The number of halogens is 1. The Labute approximate surface area is 173 Å². The molecular weight excluding hydrogens is 387 g/mol. The van der Waals surface area contributed by atoms with E-state index in [9.17, 15) is 9.18 Å². The Kier molecular flexibility index (Phi) is 7.00. The minimum atomic E-state index is -0.369. The van der Waals surface area contributed by atoms with Crippen molar-refractivity contribution in [2.45, 2.75) is 6.61 Å². The molecule has 0 fully saturated rings. The fraction of sp³-hybridized carbons (Fsp3) is 0.130. The van der Waals surface area contributed by atoms with E-state index in [2.05, 4.69) is 10.5 Å². The first-order valence-electron chi connectivity index (χ1n) is 9.12. The number of carbonyl (C=O) groups excluding carboxylic acids is 1. The molecule has 0 unspecified atom stereocenters. The Balaban J connectivity index is 1.53. The maximum absolute atomic E-state index is 12.9. The molecule has 0 bridgehead atoms. The van der Waals surface area contributed by atoms with Crippen molar-refractivity contribution in [3.8, 4) is 17.2 Å². The molecule has 0 aliphatic carbocycles. The number of nitrogens with one attached hydrogen (secondary N) is 1. The van der Waals surface area contributed by atoms with E-state index in [-0.39, 0.29) is 11.7 Å². The summed E-state index contributed by atoms with van der Waals surface area (Å²) in [5.41, 5.74) is 4.54. The third-order valence-electron chi connectivity index (χ3n) is 4.22. The molecule has 1 amide bonds. The molecular formula is C23H21FN2O4. The van der Waals surface area contributed by atoms with Gasteiger partial charge in [-0.3, -0.25) is 4.79 Å². The zero-order valence-electron chi connectivity index (χ0n) is 16.6. The maximum atomic E-state index is 12.9. The summed E-state index contributed by atoms with van der Waals surface area (Å²) in [5, 5.41) is 3.97. The highest BCUT2D eigenvalue weighted by molar-refractivity contribution is 5.95. The van der Waals surface area contributed by atoms with E-state index >= 15 is 0 Å². The first kappa shape index (κ1) is 20.9. The highest BCUT2D eigenvalue weighted by Crippen LogP contribution is 2.27. The predicted octanol–water partition coefficient (Wildman–Crippen LogP) is 4.19. The van der Waals surface area contributed by atoms with Gasteiger partial charge < -0.3 is 14.2 Å². The van der Waals surface area contributed by atoms with E-state index in [1.807, 2.05) is 12.1 Å². The van der Waals surface area contributed by atoms with Crippen molar-refractivity contribution in [2.24, 2.45) is 5.10 Å². The molecule has 1 N–H and O–H groups in total. The molecule has 154 valence electrons. The lowest BCUT2D eigenvalue weighted by Crippen LogP contribution is -2.17. The largest absolute Gasteiger partial charge is 0.493 e. The molecule has 6 nitrogen and oxygen atoms in total. The van der Waals surface area contributed by atoms with E-state index in [1.165, 1.54) is 32.6 Å². The average Bonchev–Trinajstić information content (AvgIpc) is 2.79. The summed E-state index contributed by atoms with van der Waals surface area (Å²) < 4.78 is 28.9. The summed E-state index contributed by atoms with van der Waals surface area (Å²) in [5.74, 6) is 1.03. The summed E-state index contributed by atoms with van der Waals surface area (Å²) >= 11 is 0. The third-order valence-corrected chi connectivity index (χ3v) is 4.22. The number of carbonyl (C=O) groups is 1. The second kappa shape index (κ2) is 10.1. The molecule has 7 heteroatoms. The SMILES string of the molecule is COc1ccc(C(=O)N/N=C/c2ccc(OCc3ccc(F)cc3)cc2)cc1OC. The van der Waals surface area contributed by atoms with Gasteiger partial charge in [0.25, 0.3) is 5.91 Å². The van der Waals surface area contributed by atoms with Crippen LogP contribution in [0.5, 0.6) is 17.2 Å². The van der Waals surface area contributed by atoms with Gasteiger partial charge in [-0.25, -0.2) is 9.82 Å². The number of hydrogen-bond donors (Lipinski definition) is 1. The van der Waals surface area contributed by atoms with Crippen molar-refractivity contribution in [1.82, 2.24) is 5.43 Å². The molecule has 0 aromatic heterocycles. The van der Waals surface area contributed by atoms with Gasteiger partial charge in [0.2, 0.25) is 0 Å². The number of amides is 1. The standard InChI is InChI=1S/C23H21FN2O4/c1-28-21-12-7-18(13-22(21)29-2)23(27)26-25-14-16-5-10-20(11-6-16)30-15-17-3-8-19(24)9-4-17/h3-14H,15H2,1-2H3,(H,26,27)/b25-14+. The van der Waals surface area contributed by atoms with Crippen LogP contribution in [-0.2, 0) is 6.61 Å². The fourth-order valence-electron chi connectivity index (χ4n) is 2.60. The van der Waals surface area contributed by atoms with Gasteiger partial charge >= 0.3 is 0 Å². The lowest BCUT2D eigenvalue weighted by atomic mass is 10.2. The van der Waals surface area contributed by atoms with E-state index in [0.717, 1.165) is 11.1 Å². The van der Waals surface area contributed by atoms with Gasteiger partial charge in [0.15, 0.2) is 11.5 Å². The van der Waals surface area contributed by atoms with Crippen LogP contribution in [0.2, 0.25) is 0 Å². The Bertz CT molecular complexity index is 1020. The Hall–Kier alpha value is -3.87. The number of ether oxygens (including phenoxy) is 3. The quantitative estimate of drug-likeness (QED) is 0.448. The average molecular weight is 408 g/mol. The Morgan fingerprint density at radius 3 is 2.33 bits per heavy atom. The molecule has 0 radical (unpaired) electrons. The van der Waals surface area contributed by atoms with Crippen LogP contribution in [-0.4, -0.2) is 26.3 Å². The molecule has 3 aromatic rings. The first-order valence-corrected chi connectivity index (χ1v) is 9.12. The molecule has 30 heavy (non-hydrogen) atoms. The zero-order chi connectivity index (χ0) is 21.3. The summed E-state index contributed by atoms with van der Waals surface area (Å²) in [6, 6.07) is 18.2. The zero-order valence-corrected chi connectivity index (χ0v) is 16.6.